The predicted molar refractivity (Wildman–Crippen MR) is 297 cm³/mol. The Morgan fingerprint density at radius 2 is 0.971 bits per heavy atom. The van der Waals surface area contributed by atoms with Gasteiger partial charge in [0.2, 0.25) is 0 Å². The van der Waals surface area contributed by atoms with Gasteiger partial charge in [0.05, 0.1) is 0 Å². The van der Waals surface area contributed by atoms with E-state index in [1.807, 2.05) is 0 Å². The molecule has 1 aliphatic carbocycles. The Morgan fingerprint density at radius 3 is 1.59 bits per heavy atom. The van der Waals surface area contributed by atoms with E-state index in [0.717, 1.165) is 0 Å². The van der Waals surface area contributed by atoms with Crippen LogP contribution in [0.25, 0.3) is 76.8 Å². The molecule has 0 saturated heterocycles. The summed E-state index contributed by atoms with van der Waals surface area (Å²) in [7, 11) is 0. The molecule has 0 aliphatic heterocycles. The number of benzene rings is 10. The summed E-state index contributed by atoms with van der Waals surface area (Å²) in [6.45, 7) is 15.7. The fourth-order valence-electron chi connectivity index (χ4n) is 10.1. The average Bonchev–Trinajstić information content (AvgIpc) is 3.34. The van der Waals surface area contributed by atoms with Crippen LogP contribution < -0.4 is 0 Å². The lowest BCUT2D eigenvalue weighted by Gasteiger charge is -2.32. The smallest absolute Gasteiger partial charge is 0.00554 e. The summed E-state index contributed by atoms with van der Waals surface area (Å²) in [6, 6.07) is 75.5. The van der Waals surface area contributed by atoms with Gasteiger partial charge in [-0.2, -0.15) is 0 Å². The zero-order valence-corrected chi connectivity index (χ0v) is 41.2. The molecule has 0 amide bonds. The highest BCUT2D eigenvalue weighted by Crippen LogP contribution is 2.50. The van der Waals surface area contributed by atoms with Crippen molar-refractivity contribution >= 4 is 32.3 Å². The molecule has 0 heteroatoms. The van der Waals surface area contributed by atoms with Gasteiger partial charge in [-0.1, -0.05) is 252 Å². The summed E-state index contributed by atoms with van der Waals surface area (Å²) in [5.74, 6) is 0.629. The van der Waals surface area contributed by atoms with Gasteiger partial charge in [-0.05, 0) is 157 Å². The van der Waals surface area contributed by atoms with Crippen LogP contribution in [0.1, 0.15) is 92.7 Å². The molecule has 0 atom stereocenters. The standard InChI is InChI=1S/C32H28.C23H24.C13H14/c1-21-14-17-24(18-15-21)29-20-26-9-4-6-13-28(26)32(31(29)25-10-7-11-25)30-22(2)16-19-23-8-3-5-12-27(23)30;1-17-10-12-19(13-11-17)21-15-14-20(16-22(21)23(2,3)4)18-8-6-5-7-9-18;1-2-5-11-8-9-12-6-3-4-7-13(12)10-11/h3-6,8-9,12-20,25H,7,10-11H2,1-2H3;5-16H,1-4H3;3-4,6-10H,2,5H2,1H3. The van der Waals surface area contributed by atoms with Crippen LogP contribution in [0.15, 0.2) is 206 Å². The molecule has 11 rings (SSSR count). The quantitative estimate of drug-likeness (QED) is 0.150. The minimum atomic E-state index is 0.102. The van der Waals surface area contributed by atoms with E-state index in [2.05, 4.69) is 255 Å². The van der Waals surface area contributed by atoms with E-state index < -0.39 is 0 Å². The van der Waals surface area contributed by atoms with Crippen molar-refractivity contribution in [1.82, 2.24) is 0 Å². The second kappa shape index (κ2) is 20.5. The normalized spacial score (nSPS) is 12.5. The van der Waals surface area contributed by atoms with Crippen molar-refractivity contribution in [2.75, 3.05) is 0 Å². The van der Waals surface area contributed by atoms with E-state index in [1.165, 1.54) is 137 Å². The van der Waals surface area contributed by atoms with Gasteiger partial charge in [0.1, 0.15) is 0 Å². The summed E-state index contributed by atoms with van der Waals surface area (Å²) < 4.78 is 0. The fourth-order valence-corrected chi connectivity index (χ4v) is 10.1. The Balaban J connectivity index is 0.000000140. The number of fused-ring (bicyclic) bond motifs is 3. The third kappa shape index (κ3) is 10.1. The first kappa shape index (κ1) is 46.1. The van der Waals surface area contributed by atoms with Gasteiger partial charge in [-0.15, -0.1) is 0 Å². The van der Waals surface area contributed by atoms with Gasteiger partial charge in [-0.25, -0.2) is 0 Å². The summed E-state index contributed by atoms with van der Waals surface area (Å²) in [6.07, 6.45) is 6.31. The molecule has 68 heavy (non-hydrogen) atoms. The third-order valence-corrected chi connectivity index (χ3v) is 14.0. The zero-order chi connectivity index (χ0) is 47.2. The lowest BCUT2D eigenvalue weighted by atomic mass is 9.72. The molecular formula is C68H66. The maximum Gasteiger partial charge on any atom is -0.00554 e. The van der Waals surface area contributed by atoms with Crippen molar-refractivity contribution in [2.45, 2.75) is 91.9 Å². The van der Waals surface area contributed by atoms with Crippen molar-refractivity contribution in [3.63, 3.8) is 0 Å². The van der Waals surface area contributed by atoms with Crippen molar-refractivity contribution in [3.05, 3.63) is 240 Å². The van der Waals surface area contributed by atoms with E-state index in [9.17, 15) is 0 Å². The van der Waals surface area contributed by atoms with E-state index in [4.69, 9.17) is 0 Å². The molecule has 10 aromatic carbocycles. The Bertz CT molecular complexity index is 3300. The Hall–Kier alpha value is -7.02. The van der Waals surface area contributed by atoms with Gasteiger partial charge >= 0.3 is 0 Å². The molecule has 338 valence electrons. The van der Waals surface area contributed by atoms with Crippen LogP contribution >= 0.6 is 0 Å². The first-order valence-corrected chi connectivity index (χ1v) is 24.9. The first-order valence-electron chi connectivity index (χ1n) is 24.9. The molecule has 1 saturated carbocycles. The second-order valence-corrected chi connectivity index (χ2v) is 20.1. The van der Waals surface area contributed by atoms with Crippen molar-refractivity contribution < 1.29 is 0 Å². The Morgan fingerprint density at radius 1 is 0.426 bits per heavy atom. The predicted octanol–water partition coefficient (Wildman–Crippen LogP) is 19.6. The molecule has 10 aromatic rings. The van der Waals surface area contributed by atoms with Gasteiger partial charge in [-0.3, -0.25) is 0 Å². The van der Waals surface area contributed by atoms with Gasteiger partial charge in [0.25, 0.3) is 0 Å². The van der Waals surface area contributed by atoms with Gasteiger partial charge in [0, 0.05) is 0 Å². The third-order valence-electron chi connectivity index (χ3n) is 14.0. The summed E-state index contributed by atoms with van der Waals surface area (Å²) in [5.41, 5.74) is 19.3. The van der Waals surface area contributed by atoms with Crippen molar-refractivity contribution in [2.24, 2.45) is 0 Å². The van der Waals surface area contributed by atoms with E-state index >= 15 is 0 Å². The largest absolute Gasteiger partial charge is 0.0651 e. The molecular weight excluding hydrogens is 817 g/mol. The topological polar surface area (TPSA) is 0 Å². The highest BCUT2D eigenvalue weighted by atomic mass is 14.3. The number of aryl methyl sites for hydroxylation is 4. The lowest BCUT2D eigenvalue weighted by molar-refractivity contribution is 0.421. The van der Waals surface area contributed by atoms with Crippen molar-refractivity contribution in [1.29, 1.82) is 0 Å². The first-order chi connectivity index (χ1) is 33.1. The van der Waals surface area contributed by atoms with Crippen LogP contribution in [0.5, 0.6) is 0 Å². The molecule has 0 unspecified atom stereocenters. The molecule has 0 aromatic heterocycles. The van der Waals surface area contributed by atoms with E-state index in [0.29, 0.717) is 5.92 Å². The Kier molecular flexibility index (Phi) is 13.9. The van der Waals surface area contributed by atoms with Crippen LogP contribution in [-0.4, -0.2) is 0 Å². The maximum atomic E-state index is 2.44. The highest BCUT2D eigenvalue weighted by Gasteiger charge is 2.29. The zero-order valence-electron chi connectivity index (χ0n) is 41.2. The van der Waals surface area contributed by atoms with Crippen LogP contribution in [0, 0.1) is 20.8 Å². The van der Waals surface area contributed by atoms with E-state index in [1.54, 1.807) is 5.56 Å². The number of hydrogen-bond acceptors (Lipinski definition) is 0. The molecule has 0 nitrogen and oxygen atoms in total. The number of rotatable bonds is 7. The van der Waals surface area contributed by atoms with E-state index in [-0.39, 0.29) is 5.41 Å². The van der Waals surface area contributed by atoms with Crippen molar-refractivity contribution in [3.8, 4) is 44.5 Å². The molecule has 0 N–H and O–H groups in total. The monoisotopic (exact) mass is 883 g/mol. The molecule has 0 radical (unpaired) electrons. The molecule has 0 spiro atoms. The summed E-state index contributed by atoms with van der Waals surface area (Å²) in [4.78, 5) is 0. The van der Waals surface area contributed by atoms with Gasteiger partial charge in [0.15, 0.2) is 0 Å². The lowest BCUT2D eigenvalue weighted by Crippen LogP contribution is -2.13. The Labute approximate surface area is 406 Å². The fraction of sp³-hybridized carbons (Fsp3) is 0.206. The van der Waals surface area contributed by atoms with Gasteiger partial charge < -0.3 is 0 Å². The van der Waals surface area contributed by atoms with Crippen LogP contribution in [0.2, 0.25) is 0 Å². The minimum Gasteiger partial charge on any atom is -0.0651 e. The average molecular weight is 883 g/mol. The molecule has 1 fully saturated rings. The van der Waals surface area contributed by atoms with Crippen LogP contribution in [0.4, 0.5) is 0 Å². The van der Waals surface area contributed by atoms with Crippen LogP contribution in [0.3, 0.4) is 0 Å². The minimum absolute atomic E-state index is 0.102. The second-order valence-electron chi connectivity index (χ2n) is 20.1. The molecule has 0 bridgehead atoms. The summed E-state index contributed by atoms with van der Waals surface area (Å²) in [5, 5.41) is 8.07. The highest BCUT2D eigenvalue weighted by molar-refractivity contribution is 6.10. The maximum absolute atomic E-state index is 2.44. The SMILES string of the molecule is CCCc1ccc2ccccc2c1.Cc1ccc(-c2cc3ccccc3c(-c3c(C)ccc4ccccc34)c2C2CCC2)cc1.Cc1ccc(-c2ccc(-c3ccccc3)cc2C(C)(C)C)cc1. The van der Waals surface area contributed by atoms with Crippen LogP contribution in [-0.2, 0) is 11.8 Å². The summed E-state index contributed by atoms with van der Waals surface area (Å²) >= 11 is 0. The number of hydrogen-bond donors (Lipinski definition) is 0. The molecule has 1 aliphatic rings. The molecule has 0 heterocycles.